The molecule has 1 N–H and O–H groups in total. The summed E-state index contributed by atoms with van der Waals surface area (Å²) in [7, 11) is 1.69. The monoisotopic (exact) mass is 639 g/mol. The van der Waals surface area contributed by atoms with E-state index in [1.54, 1.807) is 19.2 Å². The van der Waals surface area contributed by atoms with Gasteiger partial charge in [0.25, 0.3) is 0 Å². The number of hydrogen-bond acceptors (Lipinski definition) is 6. The molecule has 0 radical (unpaired) electrons. The van der Waals surface area contributed by atoms with Crippen LogP contribution in [0.1, 0.15) is 74.6 Å². The van der Waals surface area contributed by atoms with Crippen LogP contribution in [0, 0.1) is 0 Å². The normalized spacial score (nSPS) is 16.0. The molecular formula is C37H40CoO6. The number of methoxy groups -OCH3 is 1. The van der Waals surface area contributed by atoms with Gasteiger partial charge in [-0.25, -0.2) is 0 Å². The zero-order chi connectivity index (χ0) is 31.2. The van der Waals surface area contributed by atoms with Gasteiger partial charge in [-0.1, -0.05) is 0 Å². The quantitative estimate of drug-likeness (QED) is 0.139. The fourth-order valence-electron chi connectivity index (χ4n) is 6.38. The molecule has 1 atom stereocenters. The molecular weight excluding hydrogens is 599 g/mol. The summed E-state index contributed by atoms with van der Waals surface area (Å²) in [5.74, 6) is 1.46. The number of ether oxygens (including phenoxy) is 2. The molecule has 1 unspecified atom stereocenters. The van der Waals surface area contributed by atoms with Crippen molar-refractivity contribution in [1.82, 2.24) is 0 Å². The third-order valence-electron chi connectivity index (χ3n) is 8.89. The van der Waals surface area contributed by atoms with E-state index in [0.717, 1.165) is 29.7 Å². The van der Waals surface area contributed by atoms with Crippen molar-refractivity contribution in [2.24, 2.45) is 0 Å². The van der Waals surface area contributed by atoms with Gasteiger partial charge in [-0.3, -0.25) is 4.79 Å². The second kappa shape index (κ2) is 13.9. The van der Waals surface area contributed by atoms with Crippen molar-refractivity contribution >= 4 is 10.5 Å². The van der Waals surface area contributed by atoms with Crippen LogP contribution < -0.4 is 17.8 Å². The second-order valence-electron chi connectivity index (χ2n) is 11.6. The number of aliphatic hydroxyl groups is 1. The van der Waals surface area contributed by atoms with E-state index in [0.29, 0.717) is 22.4 Å². The molecule has 0 heterocycles. The minimum absolute atomic E-state index is 0.00192. The summed E-state index contributed by atoms with van der Waals surface area (Å²) >= 11 is -2.08. The summed E-state index contributed by atoms with van der Waals surface area (Å²) in [6, 6.07) is 31.3. The van der Waals surface area contributed by atoms with Crippen molar-refractivity contribution < 1.29 is 41.0 Å². The molecule has 0 spiro atoms. The van der Waals surface area contributed by atoms with Crippen molar-refractivity contribution in [1.29, 1.82) is 0 Å². The molecule has 44 heavy (non-hydrogen) atoms. The van der Waals surface area contributed by atoms with Gasteiger partial charge in [-0.15, -0.1) is 0 Å². The van der Waals surface area contributed by atoms with Crippen molar-refractivity contribution in [2.45, 2.75) is 63.2 Å². The third-order valence-corrected chi connectivity index (χ3v) is 10.2. The molecule has 0 bridgehead atoms. The molecule has 1 fully saturated rings. The molecule has 1 aliphatic carbocycles. The summed E-state index contributed by atoms with van der Waals surface area (Å²) in [5.41, 5.74) is 3.94. The van der Waals surface area contributed by atoms with Crippen LogP contribution in [0.2, 0.25) is 0 Å². The van der Waals surface area contributed by atoms with Crippen LogP contribution in [-0.2, 0) is 33.4 Å². The summed E-state index contributed by atoms with van der Waals surface area (Å²) in [6.45, 7) is 3.43. The van der Waals surface area contributed by atoms with Crippen LogP contribution >= 0.6 is 0 Å². The first-order chi connectivity index (χ1) is 21.3. The van der Waals surface area contributed by atoms with Crippen molar-refractivity contribution in [2.75, 3.05) is 13.7 Å². The summed E-state index contributed by atoms with van der Waals surface area (Å²) in [4.78, 5) is 11.3. The molecule has 0 aromatic heterocycles. The number of hydrogen-bond donors (Lipinski definition) is 1. The molecule has 0 aliphatic heterocycles. The van der Waals surface area contributed by atoms with Gasteiger partial charge in [0.15, 0.2) is 0 Å². The molecule has 7 heteroatoms. The number of aliphatic hydroxyl groups excluding tert-OH is 1. The van der Waals surface area contributed by atoms with Crippen LogP contribution in [0.15, 0.2) is 97.1 Å². The summed E-state index contributed by atoms with van der Waals surface area (Å²) in [6.07, 6.45) is 6.27. The van der Waals surface area contributed by atoms with Crippen LogP contribution in [-0.4, -0.2) is 24.8 Å². The van der Waals surface area contributed by atoms with Crippen LogP contribution in [0.4, 0.5) is 0 Å². The zero-order valence-corrected chi connectivity index (χ0v) is 26.6. The number of benzene rings is 4. The number of esters is 1. The predicted octanol–water partition coefficient (Wildman–Crippen LogP) is 7.14. The van der Waals surface area contributed by atoms with E-state index in [-0.39, 0.29) is 18.0 Å². The molecule has 5 rings (SSSR count). The molecule has 4 aromatic rings. The zero-order valence-electron chi connectivity index (χ0n) is 25.5. The Labute approximate surface area is 264 Å². The number of rotatable bonds is 11. The van der Waals surface area contributed by atoms with E-state index >= 15 is 0 Å². The third kappa shape index (κ3) is 6.80. The number of carbonyl (C=O) groups is 1. The average molecular weight is 640 g/mol. The summed E-state index contributed by atoms with van der Waals surface area (Å²) in [5, 5.41) is 9.86. The van der Waals surface area contributed by atoms with Gasteiger partial charge in [0.2, 0.25) is 0 Å². The Balaban J connectivity index is 1.31. The van der Waals surface area contributed by atoms with E-state index in [2.05, 4.69) is 31.2 Å². The molecule has 6 nitrogen and oxygen atoms in total. The Morgan fingerprint density at radius 1 is 0.773 bits per heavy atom. The van der Waals surface area contributed by atoms with Gasteiger partial charge >= 0.3 is 253 Å². The molecule has 0 amide bonds. The average Bonchev–Trinajstić information content (AvgIpc) is 3.05. The van der Waals surface area contributed by atoms with Gasteiger partial charge in [0.1, 0.15) is 0 Å². The van der Waals surface area contributed by atoms with E-state index in [1.165, 1.54) is 37.3 Å². The van der Waals surface area contributed by atoms with Gasteiger partial charge in [-0.2, -0.15) is 0 Å². The first-order valence-electron chi connectivity index (χ1n) is 15.0. The number of carbonyl (C=O) groups excluding carboxylic acids is 1. The van der Waals surface area contributed by atoms with E-state index < -0.39 is 19.3 Å². The fraction of sp³-hybridized carbons (Fsp3) is 0.324. The topological polar surface area (TPSA) is 82.1 Å². The van der Waals surface area contributed by atoms with Gasteiger partial charge in [0, 0.05) is 6.92 Å². The van der Waals surface area contributed by atoms with Crippen molar-refractivity contribution in [3.05, 3.63) is 119 Å². The van der Waals surface area contributed by atoms with E-state index in [9.17, 15) is 13.8 Å². The van der Waals surface area contributed by atoms with Crippen LogP contribution in [0.25, 0.3) is 0 Å². The van der Waals surface area contributed by atoms with Gasteiger partial charge in [0.05, 0.1) is 0 Å². The first-order valence-corrected chi connectivity index (χ1v) is 16.4. The van der Waals surface area contributed by atoms with Gasteiger partial charge in [-0.05, 0) is 0 Å². The van der Waals surface area contributed by atoms with Crippen LogP contribution in [0.5, 0.6) is 17.2 Å². The molecule has 1 aliphatic rings. The van der Waals surface area contributed by atoms with Crippen molar-refractivity contribution in [3.8, 4) is 17.2 Å². The Morgan fingerprint density at radius 3 is 1.77 bits per heavy atom. The van der Waals surface area contributed by atoms with Crippen LogP contribution in [0.3, 0.4) is 0 Å². The SMILES string of the molecule is COc1ccc(C2(c3cc[c]([Co](=[O])[O]c4ccc(C(C)(CCO)c5ccc(OC(C)=O)cc5)cc4)cc3)CCCCC2)cc1. The first kappa shape index (κ1) is 31.6. The maximum atomic E-state index is 13.3. The molecule has 0 saturated heterocycles. The minimum atomic E-state index is -2.08. The van der Waals surface area contributed by atoms with Gasteiger partial charge < -0.3 is 0 Å². The Hall–Kier alpha value is -3.78. The maximum absolute atomic E-state index is 13.3. The molecule has 1 saturated carbocycles. The Kier molecular flexibility index (Phi) is 9.99. The Bertz CT molecular complexity index is 1560. The fourth-order valence-corrected chi connectivity index (χ4v) is 7.32. The van der Waals surface area contributed by atoms with Crippen molar-refractivity contribution in [3.63, 3.8) is 0 Å². The van der Waals surface area contributed by atoms with E-state index in [4.69, 9.17) is 13.3 Å². The second-order valence-corrected chi connectivity index (χ2v) is 13.0. The van der Waals surface area contributed by atoms with E-state index in [1.807, 2.05) is 60.7 Å². The molecule has 233 valence electrons. The Morgan fingerprint density at radius 2 is 1.27 bits per heavy atom. The predicted molar refractivity (Wildman–Crippen MR) is 167 cm³/mol. The summed E-state index contributed by atoms with van der Waals surface area (Å²) < 4.78 is 30.4. The standard InChI is InChI=1S/C19H21O.C18H20O4.Co.O/c1-20-18-12-10-17(11-13-18)19(14-6-3-7-15-19)16-8-4-2-5-9-16;1-13(20)22-17-9-5-15(6-10-17)18(2,11-12-19)14-3-7-16(21)8-4-14;;/h4-5,8-13H,3,6-7,14-15H2,1H3;3-10,19,21H,11-12H2,1-2H3;;/q;;+1;/p-1. The molecule has 4 aromatic carbocycles.